The van der Waals surface area contributed by atoms with Crippen molar-refractivity contribution < 1.29 is 0 Å². The van der Waals surface area contributed by atoms with Gasteiger partial charge in [0.15, 0.2) is 0 Å². The molecule has 2 rings (SSSR count). The number of benzene rings is 1. The molecule has 1 aromatic carbocycles. The molecule has 1 saturated carbocycles. The van der Waals surface area contributed by atoms with Crippen LogP contribution in [0.25, 0.3) is 0 Å². The van der Waals surface area contributed by atoms with Crippen LogP contribution in [0.5, 0.6) is 0 Å². The van der Waals surface area contributed by atoms with Crippen molar-refractivity contribution in [3.63, 3.8) is 0 Å². The number of halogens is 2. The van der Waals surface area contributed by atoms with Crippen molar-refractivity contribution in [1.82, 2.24) is 0 Å². The molecule has 0 radical (unpaired) electrons. The minimum absolute atomic E-state index is 0.518. The minimum atomic E-state index is 0.518. The summed E-state index contributed by atoms with van der Waals surface area (Å²) in [6, 6.07) is 8.61. The second kappa shape index (κ2) is 5.01. The molecule has 0 aliphatic heterocycles. The third-order valence-corrected chi connectivity index (χ3v) is 5.43. The van der Waals surface area contributed by atoms with Crippen molar-refractivity contribution in [3.05, 3.63) is 34.3 Å². The first-order valence-electron chi connectivity index (χ1n) is 5.55. The Kier molecular flexibility index (Phi) is 3.89. The summed E-state index contributed by atoms with van der Waals surface area (Å²) in [7, 11) is 0. The number of hydrogen-bond acceptors (Lipinski definition) is 0. The zero-order valence-electron chi connectivity index (χ0n) is 8.81. The molecule has 0 aromatic heterocycles. The predicted molar refractivity (Wildman–Crippen MR) is 72.5 cm³/mol. The van der Waals surface area contributed by atoms with Gasteiger partial charge in [0.2, 0.25) is 0 Å². The Morgan fingerprint density at radius 3 is 2.40 bits per heavy atom. The van der Waals surface area contributed by atoms with Crippen LogP contribution in [0, 0.1) is 5.41 Å². The lowest BCUT2D eigenvalue weighted by molar-refractivity contribution is 0.346. The molecule has 1 aromatic rings. The first kappa shape index (κ1) is 11.7. The monoisotopic (exact) mass is 330 g/mol. The van der Waals surface area contributed by atoms with Gasteiger partial charge in [-0.2, -0.15) is 0 Å². The normalized spacial score (nSPS) is 19.3. The Bertz CT molecular complexity index is 327. The lowest BCUT2D eigenvalue weighted by Gasteiger charge is -2.27. The lowest BCUT2D eigenvalue weighted by atomic mass is 9.82. The molecule has 0 unspecified atom stereocenters. The highest BCUT2D eigenvalue weighted by molar-refractivity contribution is 9.10. The third kappa shape index (κ3) is 2.65. The van der Waals surface area contributed by atoms with Crippen LogP contribution >= 0.6 is 31.9 Å². The van der Waals surface area contributed by atoms with Gasteiger partial charge in [0.1, 0.15) is 0 Å². The highest BCUT2D eigenvalue weighted by Crippen LogP contribution is 2.43. The van der Waals surface area contributed by atoms with E-state index in [1.165, 1.54) is 42.1 Å². The SMILES string of the molecule is BrCC1(Cc2ccccc2Br)CCCC1. The smallest absolute Gasteiger partial charge is 0.0207 e. The van der Waals surface area contributed by atoms with Crippen LogP contribution in [0.1, 0.15) is 31.2 Å². The molecule has 0 nitrogen and oxygen atoms in total. The molecule has 2 heteroatoms. The van der Waals surface area contributed by atoms with Gasteiger partial charge in [-0.1, -0.05) is 62.9 Å². The summed E-state index contributed by atoms with van der Waals surface area (Å²) in [5.41, 5.74) is 1.98. The fourth-order valence-corrected chi connectivity index (χ4v) is 3.71. The summed E-state index contributed by atoms with van der Waals surface area (Å²) in [5, 5.41) is 1.14. The summed E-state index contributed by atoms with van der Waals surface area (Å²) in [5.74, 6) is 0. The van der Waals surface area contributed by atoms with Crippen LogP contribution < -0.4 is 0 Å². The third-order valence-electron chi connectivity index (χ3n) is 3.47. The average Bonchev–Trinajstić information content (AvgIpc) is 2.71. The fraction of sp³-hybridized carbons (Fsp3) is 0.538. The Hall–Kier alpha value is 0.180. The summed E-state index contributed by atoms with van der Waals surface area (Å²) >= 11 is 7.34. The summed E-state index contributed by atoms with van der Waals surface area (Å²) < 4.78 is 1.26. The average molecular weight is 332 g/mol. The summed E-state index contributed by atoms with van der Waals surface area (Å²) in [4.78, 5) is 0. The molecule has 0 bridgehead atoms. The van der Waals surface area contributed by atoms with Crippen molar-refractivity contribution in [2.24, 2.45) is 5.41 Å². The first-order valence-corrected chi connectivity index (χ1v) is 7.47. The zero-order chi connectivity index (χ0) is 10.7. The van der Waals surface area contributed by atoms with E-state index in [0.29, 0.717) is 5.41 Å². The van der Waals surface area contributed by atoms with Crippen molar-refractivity contribution in [2.75, 3.05) is 5.33 Å². The van der Waals surface area contributed by atoms with E-state index in [1.54, 1.807) is 0 Å². The maximum absolute atomic E-state index is 3.70. The van der Waals surface area contributed by atoms with Gasteiger partial charge in [-0.25, -0.2) is 0 Å². The van der Waals surface area contributed by atoms with Gasteiger partial charge < -0.3 is 0 Å². The van der Waals surface area contributed by atoms with Gasteiger partial charge in [0, 0.05) is 9.80 Å². The van der Waals surface area contributed by atoms with Crippen LogP contribution in [0.15, 0.2) is 28.7 Å². The molecule has 1 fully saturated rings. The van der Waals surface area contributed by atoms with Gasteiger partial charge in [-0.3, -0.25) is 0 Å². The Morgan fingerprint density at radius 2 is 1.80 bits per heavy atom. The molecule has 0 heterocycles. The molecule has 1 aliphatic carbocycles. The molecular formula is C13H16Br2. The van der Waals surface area contributed by atoms with Gasteiger partial charge in [-0.05, 0) is 36.3 Å². The van der Waals surface area contributed by atoms with Crippen LogP contribution in [0.3, 0.4) is 0 Å². The number of alkyl halides is 1. The zero-order valence-corrected chi connectivity index (χ0v) is 12.0. The molecule has 1 aliphatic rings. The van der Waals surface area contributed by atoms with E-state index in [-0.39, 0.29) is 0 Å². The van der Waals surface area contributed by atoms with Crippen molar-refractivity contribution in [1.29, 1.82) is 0 Å². The standard InChI is InChI=1S/C13H16Br2/c14-10-13(7-3-4-8-13)9-11-5-1-2-6-12(11)15/h1-2,5-6H,3-4,7-10H2. The van der Waals surface area contributed by atoms with Crippen molar-refractivity contribution in [2.45, 2.75) is 32.1 Å². The quantitative estimate of drug-likeness (QED) is 0.688. The maximum Gasteiger partial charge on any atom is 0.0207 e. The molecule has 82 valence electrons. The fourth-order valence-electron chi connectivity index (χ4n) is 2.53. The minimum Gasteiger partial charge on any atom is -0.0922 e. The van der Waals surface area contributed by atoms with Crippen molar-refractivity contribution in [3.8, 4) is 0 Å². The highest BCUT2D eigenvalue weighted by atomic mass is 79.9. The van der Waals surface area contributed by atoms with Gasteiger partial charge in [0.25, 0.3) is 0 Å². The topological polar surface area (TPSA) is 0 Å². The van der Waals surface area contributed by atoms with Gasteiger partial charge >= 0.3 is 0 Å². The molecule has 0 atom stereocenters. The molecule has 15 heavy (non-hydrogen) atoms. The maximum atomic E-state index is 3.70. The van der Waals surface area contributed by atoms with Gasteiger partial charge in [-0.15, -0.1) is 0 Å². The van der Waals surface area contributed by atoms with E-state index < -0.39 is 0 Å². The second-order valence-corrected chi connectivity index (χ2v) is 6.02. The predicted octanol–water partition coefficient (Wildman–Crippen LogP) is 4.95. The Balaban J connectivity index is 2.16. The summed E-state index contributed by atoms with van der Waals surface area (Å²) in [6.45, 7) is 0. The Labute approximate surface area is 109 Å². The Morgan fingerprint density at radius 1 is 1.13 bits per heavy atom. The van der Waals surface area contributed by atoms with E-state index in [9.17, 15) is 0 Å². The van der Waals surface area contributed by atoms with E-state index in [0.717, 1.165) is 5.33 Å². The van der Waals surface area contributed by atoms with Crippen molar-refractivity contribution >= 4 is 31.9 Å². The molecular weight excluding hydrogens is 316 g/mol. The number of rotatable bonds is 3. The first-order chi connectivity index (χ1) is 7.26. The molecule has 0 saturated heterocycles. The number of hydrogen-bond donors (Lipinski definition) is 0. The molecule has 0 spiro atoms. The van der Waals surface area contributed by atoms with E-state index in [2.05, 4.69) is 56.1 Å². The van der Waals surface area contributed by atoms with Crippen LogP contribution in [0.4, 0.5) is 0 Å². The van der Waals surface area contributed by atoms with E-state index in [4.69, 9.17) is 0 Å². The highest BCUT2D eigenvalue weighted by Gasteiger charge is 2.33. The van der Waals surface area contributed by atoms with E-state index >= 15 is 0 Å². The van der Waals surface area contributed by atoms with Gasteiger partial charge in [0.05, 0.1) is 0 Å². The van der Waals surface area contributed by atoms with Crippen LogP contribution in [-0.4, -0.2) is 5.33 Å². The van der Waals surface area contributed by atoms with E-state index in [1.807, 2.05) is 0 Å². The van der Waals surface area contributed by atoms with Crippen LogP contribution in [-0.2, 0) is 6.42 Å². The largest absolute Gasteiger partial charge is 0.0922 e. The molecule has 0 N–H and O–H groups in total. The van der Waals surface area contributed by atoms with Crippen LogP contribution in [0.2, 0.25) is 0 Å². The second-order valence-electron chi connectivity index (χ2n) is 4.61. The molecule has 0 amide bonds. The lowest BCUT2D eigenvalue weighted by Crippen LogP contribution is -2.21. The summed E-state index contributed by atoms with van der Waals surface area (Å²) in [6.07, 6.45) is 6.75.